The van der Waals surface area contributed by atoms with Crippen LogP contribution in [0.25, 0.3) is 11.6 Å². The van der Waals surface area contributed by atoms with E-state index < -0.39 is 23.4 Å². The molecule has 34 heavy (non-hydrogen) atoms. The lowest BCUT2D eigenvalue weighted by Crippen LogP contribution is -2.34. The monoisotopic (exact) mass is 496 g/mol. The summed E-state index contributed by atoms with van der Waals surface area (Å²) in [5.74, 6) is -0.566. The van der Waals surface area contributed by atoms with Gasteiger partial charge >= 0.3 is 0 Å². The second kappa shape index (κ2) is 8.67. The lowest BCUT2D eigenvalue weighted by Gasteiger charge is -2.17. The Labute approximate surface area is 197 Å². The minimum atomic E-state index is -2.86. The van der Waals surface area contributed by atoms with Crippen molar-refractivity contribution in [3.63, 3.8) is 0 Å². The number of benzene rings is 1. The van der Waals surface area contributed by atoms with E-state index in [9.17, 15) is 18.0 Å². The molecule has 0 unspecified atom stereocenters. The molecule has 13 heteroatoms. The Bertz CT molecular complexity index is 1230. The van der Waals surface area contributed by atoms with E-state index >= 15 is 0 Å². The molecule has 180 valence electrons. The fraction of sp³-hybridized carbons (Fsp3) is 0.429. The number of aromatic nitrogens is 4. The maximum atomic E-state index is 13.7. The zero-order chi connectivity index (χ0) is 24.0. The van der Waals surface area contributed by atoms with Crippen LogP contribution >= 0.6 is 11.6 Å². The quantitative estimate of drug-likeness (QED) is 0.495. The fourth-order valence-electron chi connectivity index (χ4n) is 4.12. The molecule has 0 N–H and O–H groups in total. The van der Waals surface area contributed by atoms with Crippen molar-refractivity contribution in [2.75, 3.05) is 26.9 Å². The maximum absolute atomic E-state index is 13.7. The molecule has 1 saturated carbocycles. The van der Waals surface area contributed by atoms with Crippen molar-refractivity contribution in [2.45, 2.75) is 31.2 Å². The topological polar surface area (TPSA) is 89.5 Å². The van der Waals surface area contributed by atoms with Crippen LogP contribution in [0.3, 0.4) is 0 Å². The van der Waals surface area contributed by atoms with Crippen LogP contribution in [-0.4, -0.2) is 62.7 Å². The highest BCUT2D eigenvalue weighted by molar-refractivity contribution is 6.31. The predicted octanol–water partition coefficient (Wildman–Crippen LogP) is 3.41. The van der Waals surface area contributed by atoms with Gasteiger partial charge in [-0.2, -0.15) is 15.1 Å². The zero-order valence-corrected chi connectivity index (χ0v) is 18.8. The number of carbonyl (C=O) groups excluding carboxylic acids is 1. The fourth-order valence-corrected chi connectivity index (χ4v) is 4.47. The van der Waals surface area contributed by atoms with Crippen LogP contribution in [0.4, 0.5) is 13.2 Å². The van der Waals surface area contributed by atoms with Gasteiger partial charge in [-0.15, -0.1) is 0 Å². The van der Waals surface area contributed by atoms with Gasteiger partial charge in [0.25, 0.3) is 12.3 Å². The van der Waals surface area contributed by atoms with E-state index in [4.69, 9.17) is 21.0 Å². The summed E-state index contributed by atoms with van der Waals surface area (Å²) in [6.07, 6.45) is -1.51. The summed E-state index contributed by atoms with van der Waals surface area (Å²) in [6.45, 7) is 0.826. The first kappa shape index (κ1) is 22.8. The minimum Gasteiger partial charge on any atom is -0.332 e. The molecule has 1 aliphatic carbocycles. The predicted molar refractivity (Wildman–Crippen MR) is 112 cm³/mol. The van der Waals surface area contributed by atoms with E-state index in [0.29, 0.717) is 37.3 Å². The van der Waals surface area contributed by atoms with Crippen LogP contribution in [0, 0.1) is 5.82 Å². The Morgan fingerprint density at radius 1 is 1.29 bits per heavy atom. The Hall–Kier alpha value is -2.96. The Kier molecular flexibility index (Phi) is 5.82. The third-order valence-corrected chi connectivity index (χ3v) is 6.46. The first-order valence-corrected chi connectivity index (χ1v) is 10.9. The molecule has 0 atom stereocenters. The van der Waals surface area contributed by atoms with Crippen LogP contribution in [0.1, 0.15) is 36.3 Å². The lowest BCUT2D eigenvalue weighted by atomic mass is 9.95. The van der Waals surface area contributed by atoms with Crippen LogP contribution in [0.2, 0.25) is 5.02 Å². The van der Waals surface area contributed by atoms with Gasteiger partial charge in [0.05, 0.1) is 19.2 Å². The van der Waals surface area contributed by atoms with Crippen molar-refractivity contribution in [3.8, 4) is 11.6 Å². The third kappa shape index (κ3) is 4.05. The maximum Gasteiger partial charge on any atom is 0.280 e. The summed E-state index contributed by atoms with van der Waals surface area (Å²) >= 11 is 6.24. The van der Waals surface area contributed by atoms with E-state index in [1.807, 2.05) is 0 Å². The average molecular weight is 497 g/mol. The second-order valence-corrected chi connectivity index (χ2v) is 8.64. The summed E-state index contributed by atoms with van der Waals surface area (Å²) in [5.41, 5.74) is -0.362. The number of halogens is 4. The molecular weight excluding hydrogens is 477 g/mol. The normalized spacial score (nSPS) is 17.6. The van der Waals surface area contributed by atoms with Gasteiger partial charge in [-0.05, 0) is 36.6 Å². The minimum absolute atomic E-state index is 0.0304. The van der Waals surface area contributed by atoms with Gasteiger partial charge in [0, 0.05) is 18.1 Å². The summed E-state index contributed by atoms with van der Waals surface area (Å²) in [4.78, 5) is 23.6. The number of nitrogens with zero attached hydrogens (tertiary/aromatic N) is 6. The SMILES string of the molecule is CON1CCN(C(=O)Cn2nc(-c3nc(C4(c5ccc(F)cc5Cl)CC4)no3)cc2C(F)F)C1. The van der Waals surface area contributed by atoms with Gasteiger partial charge in [-0.25, -0.2) is 13.2 Å². The smallest absolute Gasteiger partial charge is 0.280 e. The molecule has 2 aliphatic rings. The Morgan fingerprint density at radius 3 is 2.74 bits per heavy atom. The molecule has 1 aliphatic heterocycles. The van der Waals surface area contributed by atoms with Crippen molar-refractivity contribution in [2.24, 2.45) is 0 Å². The van der Waals surface area contributed by atoms with E-state index in [-0.39, 0.29) is 35.7 Å². The van der Waals surface area contributed by atoms with E-state index in [1.54, 1.807) is 11.1 Å². The van der Waals surface area contributed by atoms with Gasteiger partial charge in [0.15, 0.2) is 11.5 Å². The molecule has 3 aromatic rings. The number of alkyl halides is 2. The number of hydroxylamine groups is 2. The summed E-state index contributed by atoms with van der Waals surface area (Å²) in [7, 11) is 1.50. The highest BCUT2D eigenvalue weighted by atomic mass is 35.5. The van der Waals surface area contributed by atoms with Crippen LogP contribution in [0.5, 0.6) is 0 Å². The van der Waals surface area contributed by atoms with Crippen molar-refractivity contribution < 1.29 is 27.3 Å². The third-order valence-electron chi connectivity index (χ3n) is 6.15. The molecule has 1 aromatic carbocycles. The number of rotatable bonds is 7. The van der Waals surface area contributed by atoms with Crippen LogP contribution in [0.15, 0.2) is 28.8 Å². The molecule has 0 radical (unpaired) electrons. The van der Waals surface area contributed by atoms with Gasteiger partial charge < -0.3 is 14.3 Å². The molecular formula is C21H20ClF3N6O3. The van der Waals surface area contributed by atoms with E-state index in [2.05, 4.69) is 15.2 Å². The lowest BCUT2D eigenvalue weighted by molar-refractivity contribution is -0.143. The molecule has 9 nitrogen and oxygen atoms in total. The van der Waals surface area contributed by atoms with Gasteiger partial charge in [0.1, 0.15) is 18.1 Å². The van der Waals surface area contributed by atoms with Crippen LogP contribution < -0.4 is 0 Å². The molecule has 1 amide bonds. The van der Waals surface area contributed by atoms with Crippen molar-refractivity contribution in [1.82, 2.24) is 29.9 Å². The van der Waals surface area contributed by atoms with Crippen LogP contribution in [-0.2, 0) is 21.6 Å². The Morgan fingerprint density at radius 2 is 2.09 bits per heavy atom. The van der Waals surface area contributed by atoms with Gasteiger partial charge in [-0.3, -0.25) is 9.48 Å². The number of hydrogen-bond acceptors (Lipinski definition) is 7. The number of hydrogen-bond donors (Lipinski definition) is 0. The Balaban J connectivity index is 1.39. The zero-order valence-electron chi connectivity index (χ0n) is 18.0. The van der Waals surface area contributed by atoms with Gasteiger partial charge in [-0.1, -0.05) is 22.8 Å². The summed E-state index contributed by atoms with van der Waals surface area (Å²) < 4.78 is 47.1. The largest absolute Gasteiger partial charge is 0.332 e. The highest BCUT2D eigenvalue weighted by Crippen LogP contribution is 2.54. The second-order valence-electron chi connectivity index (χ2n) is 8.23. The molecule has 5 rings (SSSR count). The van der Waals surface area contributed by atoms with E-state index in [0.717, 1.165) is 10.7 Å². The molecule has 3 heterocycles. The number of carbonyl (C=O) groups is 1. The first-order chi connectivity index (χ1) is 16.3. The van der Waals surface area contributed by atoms with Crippen molar-refractivity contribution >= 4 is 17.5 Å². The molecule has 2 fully saturated rings. The van der Waals surface area contributed by atoms with Crippen molar-refractivity contribution in [1.29, 1.82) is 0 Å². The molecule has 1 saturated heterocycles. The van der Waals surface area contributed by atoms with Crippen molar-refractivity contribution in [3.05, 3.63) is 52.2 Å². The molecule has 0 spiro atoms. The summed E-state index contributed by atoms with van der Waals surface area (Å²) in [6, 6.07) is 5.24. The van der Waals surface area contributed by atoms with E-state index in [1.165, 1.54) is 24.1 Å². The number of amides is 1. The average Bonchev–Trinajstić information content (AvgIpc) is 3.18. The highest BCUT2D eigenvalue weighted by Gasteiger charge is 2.51. The van der Waals surface area contributed by atoms with Gasteiger partial charge in [0.2, 0.25) is 5.91 Å². The molecule has 0 bridgehead atoms. The first-order valence-electron chi connectivity index (χ1n) is 10.5. The molecule has 2 aromatic heterocycles. The standard InChI is InChI=1S/C21H20ClF3N6O3/c1-33-30-7-6-29(11-30)17(32)10-31-16(18(24)25)9-15(27-31)19-26-20(28-34-19)21(4-5-21)13-3-2-12(23)8-14(13)22/h2-3,8-9,18H,4-7,10-11H2,1H3. The summed E-state index contributed by atoms with van der Waals surface area (Å²) in [5, 5.41) is 10.0.